The molecule has 0 aromatic heterocycles. The van der Waals surface area contributed by atoms with Crippen LogP contribution in [0.5, 0.6) is 0 Å². The minimum absolute atomic E-state index is 0.411. The molecular weight excluding hydrogens is 355 g/mol. The largest absolute Gasteiger partial charge is 0.386 e. The average molecular weight is 380 g/mol. The van der Waals surface area contributed by atoms with Crippen molar-refractivity contribution in [2.45, 2.75) is 75.8 Å². The smallest absolute Gasteiger partial charge is 0.169 e. The third-order valence-electron chi connectivity index (χ3n) is 4.38. The molecule has 1 unspecified atom stereocenters. The van der Waals surface area contributed by atoms with Crippen molar-refractivity contribution in [1.82, 2.24) is 0 Å². The third kappa shape index (κ3) is 3.52. The molecule has 2 aliphatic heterocycles. The van der Waals surface area contributed by atoms with E-state index in [1.165, 1.54) is 6.42 Å². The summed E-state index contributed by atoms with van der Waals surface area (Å²) >= 11 is 2.15. The Morgan fingerprint density at radius 1 is 1.32 bits per heavy atom. The summed E-state index contributed by atoms with van der Waals surface area (Å²) in [6.07, 6.45) is 9.53. The molecule has 19 heavy (non-hydrogen) atoms. The highest BCUT2D eigenvalue weighted by Crippen LogP contribution is 2.47. The zero-order valence-corrected chi connectivity index (χ0v) is 13.9. The van der Waals surface area contributed by atoms with E-state index < -0.39 is 17.5 Å². The second-order valence-corrected chi connectivity index (χ2v) is 6.47. The molecule has 2 saturated heterocycles. The van der Waals surface area contributed by atoms with E-state index in [1.807, 2.05) is 10.2 Å². The van der Waals surface area contributed by atoms with Gasteiger partial charge in [0.05, 0.1) is 6.61 Å². The number of aliphatic hydroxyl groups is 1. The molecule has 3 atom stereocenters. The Kier molecular flexibility index (Phi) is 5.69. The fourth-order valence-electron chi connectivity index (χ4n) is 3.23. The molecule has 0 saturated carbocycles. The Morgan fingerprint density at radius 2 is 2.16 bits per heavy atom. The summed E-state index contributed by atoms with van der Waals surface area (Å²) < 4.78 is 14.2. The Balaban J connectivity index is 2.11. The fourth-order valence-corrected chi connectivity index (χ4v) is 3.62. The van der Waals surface area contributed by atoms with Crippen molar-refractivity contribution in [1.29, 1.82) is 0 Å². The molecule has 0 aromatic carbocycles. The molecule has 2 rings (SSSR count). The summed E-state index contributed by atoms with van der Waals surface area (Å²) in [4.78, 5) is 0. The van der Waals surface area contributed by atoms with Crippen LogP contribution in [0.2, 0.25) is 0 Å². The van der Waals surface area contributed by atoms with Crippen molar-refractivity contribution >= 4 is 22.6 Å². The second kappa shape index (κ2) is 6.87. The van der Waals surface area contributed by atoms with Gasteiger partial charge in [-0.2, -0.15) is 0 Å². The Labute approximate surface area is 129 Å². The van der Waals surface area contributed by atoms with Gasteiger partial charge in [-0.1, -0.05) is 42.4 Å². The highest BCUT2D eigenvalue weighted by molar-refractivity contribution is 14.1. The van der Waals surface area contributed by atoms with Crippen molar-refractivity contribution in [3.8, 4) is 0 Å². The maximum Gasteiger partial charge on any atom is 0.169 e. The molecule has 0 bridgehead atoms. The summed E-state index contributed by atoms with van der Waals surface area (Å²) in [6, 6.07) is 0. The molecule has 2 aliphatic rings. The number of aliphatic hydroxyl groups excluding tert-OH is 1. The van der Waals surface area contributed by atoms with E-state index in [2.05, 4.69) is 29.5 Å². The van der Waals surface area contributed by atoms with Gasteiger partial charge < -0.3 is 14.6 Å². The summed E-state index contributed by atoms with van der Waals surface area (Å²) in [7, 11) is 0. The lowest BCUT2D eigenvalue weighted by Gasteiger charge is -2.39. The maximum absolute atomic E-state index is 10.5. The molecule has 2 heterocycles. The average Bonchev–Trinajstić information content (AvgIpc) is 2.78. The molecule has 0 amide bonds. The van der Waals surface area contributed by atoms with Gasteiger partial charge in [0.25, 0.3) is 0 Å². The summed E-state index contributed by atoms with van der Waals surface area (Å²) in [5, 5.41) is 10.5. The maximum atomic E-state index is 10.5. The molecule has 3 nitrogen and oxygen atoms in total. The van der Waals surface area contributed by atoms with Crippen LogP contribution >= 0.6 is 22.6 Å². The van der Waals surface area contributed by atoms with Crippen LogP contribution in [-0.2, 0) is 9.47 Å². The van der Waals surface area contributed by atoms with Gasteiger partial charge in [0.15, 0.2) is 5.79 Å². The summed E-state index contributed by atoms with van der Waals surface area (Å²) in [5.74, 6) is -0.411. The Bertz CT molecular complexity index is 313. The molecule has 2 fully saturated rings. The van der Waals surface area contributed by atoms with Crippen molar-refractivity contribution in [2.75, 3.05) is 6.61 Å². The van der Waals surface area contributed by atoms with Gasteiger partial charge >= 0.3 is 0 Å². The number of hydrogen-bond acceptors (Lipinski definition) is 3. The van der Waals surface area contributed by atoms with E-state index in [-0.39, 0.29) is 0 Å². The van der Waals surface area contributed by atoms with Gasteiger partial charge in [-0.3, -0.25) is 0 Å². The Morgan fingerprint density at radius 3 is 2.79 bits per heavy atom. The van der Waals surface area contributed by atoms with Crippen LogP contribution in [0.3, 0.4) is 0 Å². The van der Waals surface area contributed by atoms with E-state index in [0.29, 0.717) is 0 Å². The lowest BCUT2D eigenvalue weighted by Crippen LogP contribution is -2.46. The zero-order valence-electron chi connectivity index (χ0n) is 11.7. The summed E-state index contributed by atoms with van der Waals surface area (Å²) in [6.45, 7) is 2.97. The predicted molar refractivity (Wildman–Crippen MR) is 84.3 cm³/mol. The molecule has 0 radical (unpaired) electrons. The standard InChI is InChI=1S/C15H25IO3/c1-2-3-7-14(13(17)6-11-16)9-10-15(19-14)8-4-5-12-18-15/h6,11,13,17H,2-5,7-10,12H2,1H3/b11-6+/t13-,14-,15?/m1/s1. The fraction of sp³-hybridized carbons (Fsp3) is 0.867. The first-order valence-electron chi connectivity index (χ1n) is 7.45. The first kappa shape index (κ1) is 15.7. The normalized spacial score (nSPS) is 37.2. The zero-order chi connectivity index (χ0) is 13.8. The van der Waals surface area contributed by atoms with Crippen molar-refractivity contribution in [2.24, 2.45) is 0 Å². The lowest BCUT2D eigenvalue weighted by atomic mass is 9.87. The Hall–Kier alpha value is 0.350. The molecule has 0 aromatic rings. The topological polar surface area (TPSA) is 38.7 Å². The van der Waals surface area contributed by atoms with Crippen LogP contribution in [0.25, 0.3) is 0 Å². The van der Waals surface area contributed by atoms with Crippen LogP contribution < -0.4 is 0 Å². The van der Waals surface area contributed by atoms with E-state index in [4.69, 9.17) is 9.47 Å². The predicted octanol–water partition coefficient (Wildman–Crippen LogP) is 3.93. The number of ether oxygens (including phenoxy) is 2. The van der Waals surface area contributed by atoms with Crippen LogP contribution in [0.15, 0.2) is 10.2 Å². The van der Waals surface area contributed by atoms with E-state index in [9.17, 15) is 5.11 Å². The van der Waals surface area contributed by atoms with Gasteiger partial charge in [0, 0.05) is 12.8 Å². The van der Waals surface area contributed by atoms with Crippen LogP contribution in [0.1, 0.15) is 58.3 Å². The molecule has 4 heteroatoms. The number of halogens is 1. The number of hydrogen-bond donors (Lipinski definition) is 1. The van der Waals surface area contributed by atoms with E-state index in [1.54, 1.807) is 0 Å². The van der Waals surface area contributed by atoms with Crippen molar-refractivity contribution in [3.63, 3.8) is 0 Å². The first-order valence-corrected chi connectivity index (χ1v) is 8.70. The lowest BCUT2D eigenvalue weighted by molar-refractivity contribution is -0.280. The number of rotatable bonds is 5. The molecule has 110 valence electrons. The van der Waals surface area contributed by atoms with Gasteiger partial charge in [0.2, 0.25) is 0 Å². The van der Waals surface area contributed by atoms with E-state index >= 15 is 0 Å². The highest BCUT2D eigenvalue weighted by atomic mass is 127. The van der Waals surface area contributed by atoms with Crippen molar-refractivity contribution < 1.29 is 14.6 Å². The van der Waals surface area contributed by atoms with Crippen LogP contribution in [0, 0.1) is 0 Å². The summed E-state index contributed by atoms with van der Waals surface area (Å²) in [5.41, 5.74) is -0.435. The molecule has 1 spiro atoms. The van der Waals surface area contributed by atoms with E-state index in [0.717, 1.165) is 51.6 Å². The molecular formula is C15H25IO3. The number of unbranched alkanes of at least 4 members (excludes halogenated alkanes) is 1. The van der Waals surface area contributed by atoms with Gasteiger partial charge in [0.1, 0.15) is 11.7 Å². The minimum atomic E-state index is -0.527. The SMILES string of the molecule is CCCC[C@]1([C@H](O)/C=C/I)CCC2(CCCCO2)O1. The van der Waals surface area contributed by atoms with Crippen LogP contribution in [0.4, 0.5) is 0 Å². The second-order valence-electron chi connectivity index (χ2n) is 5.75. The minimum Gasteiger partial charge on any atom is -0.386 e. The third-order valence-corrected chi connectivity index (χ3v) is 4.80. The van der Waals surface area contributed by atoms with Gasteiger partial charge in [-0.05, 0) is 35.8 Å². The van der Waals surface area contributed by atoms with Gasteiger partial charge in [-0.15, -0.1) is 0 Å². The van der Waals surface area contributed by atoms with Crippen molar-refractivity contribution in [3.05, 3.63) is 10.2 Å². The monoisotopic (exact) mass is 380 g/mol. The first-order chi connectivity index (χ1) is 9.16. The quantitative estimate of drug-likeness (QED) is 0.735. The molecule has 0 aliphatic carbocycles. The van der Waals surface area contributed by atoms with Gasteiger partial charge in [-0.25, -0.2) is 0 Å². The molecule has 1 N–H and O–H groups in total. The highest BCUT2D eigenvalue weighted by Gasteiger charge is 2.53. The van der Waals surface area contributed by atoms with Crippen LogP contribution in [-0.4, -0.2) is 29.2 Å².